The number of aliphatic hydroxyl groups is 1. The first-order chi connectivity index (χ1) is 7.26. The Balaban J connectivity index is 2.62. The Labute approximate surface area is 88.0 Å². The van der Waals surface area contributed by atoms with Gasteiger partial charge in [-0.1, -0.05) is 0 Å². The Morgan fingerprint density at radius 1 is 1.33 bits per heavy atom. The maximum Gasteiger partial charge on any atom is 0.123 e. The summed E-state index contributed by atoms with van der Waals surface area (Å²) in [4.78, 5) is 0. The Kier molecular flexibility index (Phi) is 2.73. The van der Waals surface area contributed by atoms with Gasteiger partial charge in [0.25, 0.3) is 0 Å². The van der Waals surface area contributed by atoms with E-state index in [-0.39, 0.29) is 12.4 Å². The van der Waals surface area contributed by atoms with Crippen LogP contribution in [0.5, 0.6) is 0 Å². The molecule has 0 spiro atoms. The zero-order valence-electron chi connectivity index (χ0n) is 8.70. The van der Waals surface area contributed by atoms with Crippen molar-refractivity contribution in [3.8, 4) is 0 Å². The lowest BCUT2D eigenvalue weighted by atomic mass is 10.2. The average molecular weight is 207 g/mol. The van der Waals surface area contributed by atoms with Gasteiger partial charge in [-0.05, 0) is 31.2 Å². The number of halogens is 1. The number of aryl methyl sites for hydroxylation is 1. The fourth-order valence-electron chi connectivity index (χ4n) is 1.99. The standard InChI is InChI=1S/C12H14FNO/c1-2-14-11(5-6-15)8-9-7-10(13)3-4-12(9)14/h3-4,7-8,15H,2,5-6H2,1H3. The van der Waals surface area contributed by atoms with Crippen molar-refractivity contribution in [1.29, 1.82) is 0 Å². The van der Waals surface area contributed by atoms with E-state index < -0.39 is 0 Å². The summed E-state index contributed by atoms with van der Waals surface area (Å²) < 4.78 is 15.1. The summed E-state index contributed by atoms with van der Waals surface area (Å²) in [6.45, 7) is 3.01. The lowest BCUT2D eigenvalue weighted by Gasteiger charge is -2.05. The van der Waals surface area contributed by atoms with E-state index in [0.717, 1.165) is 23.1 Å². The van der Waals surface area contributed by atoms with Crippen LogP contribution in [0.4, 0.5) is 4.39 Å². The molecule has 3 heteroatoms. The fourth-order valence-corrected chi connectivity index (χ4v) is 1.99. The third-order valence-corrected chi connectivity index (χ3v) is 2.63. The van der Waals surface area contributed by atoms with Gasteiger partial charge in [-0.3, -0.25) is 0 Å². The van der Waals surface area contributed by atoms with E-state index in [1.54, 1.807) is 6.07 Å². The molecule has 0 bridgehead atoms. The summed E-state index contributed by atoms with van der Waals surface area (Å²) in [5.41, 5.74) is 2.09. The Morgan fingerprint density at radius 3 is 2.80 bits per heavy atom. The first kappa shape index (κ1) is 10.2. The van der Waals surface area contributed by atoms with Gasteiger partial charge in [0.05, 0.1) is 0 Å². The predicted octanol–water partition coefficient (Wildman–Crippen LogP) is 2.34. The average Bonchev–Trinajstić information content (AvgIpc) is 2.54. The van der Waals surface area contributed by atoms with Crippen LogP contribution in [0.1, 0.15) is 12.6 Å². The predicted molar refractivity (Wildman–Crippen MR) is 58.4 cm³/mol. The molecule has 0 aliphatic rings. The van der Waals surface area contributed by atoms with Gasteiger partial charge in [0, 0.05) is 36.2 Å². The Morgan fingerprint density at radius 2 is 2.13 bits per heavy atom. The Bertz CT molecular complexity index is 476. The van der Waals surface area contributed by atoms with E-state index in [0.29, 0.717) is 6.42 Å². The number of benzene rings is 1. The molecule has 0 radical (unpaired) electrons. The molecule has 1 aromatic heterocycles. The van der Waals surface area contributed by atoms with E-state index in [1.807, 2.05) is 13.0 Å². The molecule has 0 fully saturated rings. The van der Waals surface area contributed by atoms with Crippen molar-refractivity contribution in [2.45, 2.75) is 19.9 Å². The highest BCUT2D eigenvalue weighted by molar-refractivity contribution is 5.81. The monoisotopic (exact) mass is 207 g/mol. The van der Waals surface area contributed by atoms with Gasteiger partial charge < -0.3 is 9.67 Å². The minimum Gasteiger partial charge on any atom is -0.396 e. The normalized spacial score (nSPS) is 11.1. The molecule has 80 valence electrons. The number of hydrogen-bond donors (Lipinski definition) is 1. The minimum absolute atomic E-state index is 0.124. The quantitative estimate of drug-likeness (QED) is 0.821. The zero-order valence-corrected chi connectivity index (χ0v) is 8.70. The van der Waals surface area contributed by atoms with Gasteiger partial charge in [-0.25, -0.2) is 4.39 Å². The molecule has 2 rings (SSSR count). The summed E-state index contributed by atoms with van der Waals surface area (Å²) >= 11 is 0. The number of fused-ring (bicyclic) bond motifs is 1. The second kappa shape index (κ2) is 4.03. The number of rotatable bonds is 3. The molecular weight excluding hydrogens is 193 g/mol. The molecule has 1 aromatic carbocycles. The summed E-state index contributed by atoms with van der Waals surface area (Å²) in [5.74, 6) is -0.216. The summed E-state index contributed by atoms with van der Waals surface area (Å²) in [5, 5.41) is 9.84. The highest BCUT2D eigenvalue weighted by atomic mass is 19.1. The SMILES string of the molecule is CCn1c(CCO)cc2cc(F)ccc21. The summed E-state index contributed by atoms with van der Waals surface area (Å²) in [6.07, 6.45) is 0.615. The molecule has 2 nitrogen and oxygen atoms in total. The smallest absolute Gasteiger partial charge is 0.123 e. The molecular formula is C12H14FNO. The van der Waals surface area contributed by atoms with Crippen LogP contribution in [0.3, 0.4) is 0 Å². The van der Waals surface area contributed by atoms with E-state index in [9.17, 15) is 4.39 Å². The third-order valence-electron chi connectivity index (χ3n) is 2.63. The van der Waals surface area contributed by atoms with Crippen molar-refractivity contribution in [1.82, 2.24) is 4.57 Å². The van der Waals surface area contributed by atoms with Crippen molar-refractivity contribution in [3.05, 3.63) is 35.8 Å². The van der Waals surface area contributed by atoms with Crippen molar-refractivity contribution in [2.75, 3.05) is 6.61 Å². The lowest BCUT2D eigenvalue weighted by molar-refractivity contribution is 0.296. The van der Waals surface area contributed by atoms with Gasteiger partial charge >= 0.3 is 0 Å². The molecule has 2 aromatic rings. The molecule has 0 amide bonds. The van der Waals surface area contributed by atoms with Gasteiger partial charge in [0.1, 0.15) is 5.82 Å². The van der Waals surface area contributed by atoms with Crippen LogP contribution in [0.25, 0.3) is 10.9 Å². The molecule has 15 heavy (non-hydrogen) atoms. The van der Waals surface area contributed by atoms with Gasteiger partial charge in [0.15, 0.2) is 0 Å². The molecule has 0 aliphatic carbocycles. The first-order valence-electron chi connectivity index (χ1n) is 5.14. The van der Waals surface area contributed by atoms with Crippen LogP contribution < -0.4 is 0 Å². The molecule has 0 saturated heterocycles. The molecule has 1 N–H and O–H groups in total. The van der Waals surface area contributed by atoms with Crippen molar-refractivity contribution in [2.24, 2.45) is 0 Å². The summed E-state index contributed by atoms with van der Waals surface area (Å²) in [6, 6.07) is 6.73. The zero-order chi connectivity index (χ0) is 10.8. The van der Waals surface area contributed by atoms with Crippen molar-refractivity contribution >= 4 is 10.9 Å². The van der Waals surface area contributed by atoms with Crippen LogP contribution in [-0.4, -0.2) is 16.3 Å². The third kappa shape index (κ3) is 1.75. The first-order valence-corrected chi connectivity index (χ1v) is 5.14. The topological polar surface area (TPSA) is 25.2 Å². The van der Waals surface area contributed by atoms with Crippen LogP contribution >= 0.6 is 0 Å². The number of aliphatic hydroxyl groups excluding tert-OH is 1. The molecule has 0 unspecified atom stereocenters. The van der Waals surface area contributed by atoms with Gasteiger partial charge in [-0.2, -0.15) is 0 Å². The summed E-state index contributed by atoms with van der Waals surface area (Å²) in [7, 11) is 0. The maximum absolute atomic E-state index is 13.0. The number of aromatic nitrogens is 1. The maximum atomic E-state index is 13.0. The van der Waals surface area contributed by atoms with Crippen LogP contribution in [0.15, 0.2) is 24.3 Å². The van der Waals surface area contributed by atoms with Crippen molar-refractivity contribution in [3.63, 3.8) is 0 Å². The highest BCUT2D eigenvalue weighted by Crippen LogP contribution is 2.21. The highest BCUT2D eigenvalue weighted by Gasteiger charge is 2.07. The van der Waals surface area contributed by atoms with Gasteiger partial charge in [0.2, 0.25) is 0 Å². The van der Waals surface area contributed by atoms with E-state index in [1.165, 1.54) is 12.1 Å². The number of hydrogen-bond acceptors (Lipinski definition) is 1. The van der Waals surface area contributed by atoms with Crippen LogP contribution in [-0.2, 0) is 13.0 Å². The fraction of sp³-hybridized carbons (Fsp3) is 0.333. The molecule has 0 atom stereocenters. The van der Waals surface area contributed by atoms with E-state index in [2.05, 4.69) is 4.57 Å². The van der Waals surface area contributed by atoms with Gasteiger partial charge in [-0.15, -0.1) is 0 Å². The molecule has 0 aliphatic heterocycles. The second-order valence-electron chi connectivity index (χ2n) is 3.56. The molecule has 0 saturated carbocycles. The van der Waals surface area contributed by atoms with Crippen LogP contribution in [0, 0.1) is 5.82 Å². The largest absolute Gasteiger partial charge is 0.396 e. The van der Waals surface area contributed by atoms with Crippen LogP contribution in [0.2, 0.25) is 0 Å². The van der Waals surface area contributed by atoms with Crippen molar-refractivity contribution < 1.29 is 9.50 Å². The second-order valence-corrected chi connectivity index (χ2v) is 3.56. The molecule has 1 heterocycles. The van der Waals surface area contributed by atoms with E-state index in [4.69, 9.17) is 5.11 Å². The lowest BCUT2D eigenvalue weighted by Crippen LogP contribution is -2.02. The number of nitrogens with zero attached hydrogens (tertiary/aromatic N) is 1. The Hall–Kier alpha value is -1.35. The minimum atomic E-state index is -0.216. The van der Waals surface area contributed by atoms with E-state index >= 15 is 0 Å².